The highest BCUT2D eigenvalue weighted by atomic mass is 35.5. The van der Waals surface area contributed by atoms with Gasteiger partial charge in [-0.2, -0.15) is 0 Å². The predicted molar refractivity (Wildman–Crippen MR) is 53.7 cm³/mol. The summed E-state index contributed by atoms with van der Waals surface area (Å²) in [4.78, 5) is 0. The van der Waals surface area contributed by atoms with Gasteiger partial charge in [0, 0.05) is 18.9 Å². The number of rotatable bonds is 4. The van der Waals surface area contributed by atoms with Gasteiger partial charge in [-0.15, -0.1) is 0 Å². The van der Waals surface area contributed by atoms with Crippen LogP contribution in [0.4, 0.5) is 0 Å². The second-order valence-corrected chi connectivity index (χ2v) is 3.65. The largest absolute Gasteiger partial charge is 0.353 e. The van der Waals surface area contributed by atoms with E-state index in [2.05, 4.69) is 17.6 Å². The fourth-order valence-electron chi connectivity index (χ4n) is 1.37. The molecule has 0 amide bonds. The lowest BCUT2D eigenvalue weighted by Gasteiger charge is -2.00. The number of halogens is 1. The molecule has 1 nitrogen and oxygen atoms in total. The molecule has 0 spiro atoms. The molecule has 1 heterocycles. The Morgan fingerprint density at radius 3 is 2.67 bits per heavy atom. The molecule has 0 saturated carbocycles. The molecule has 0 aliphatic rings. The zero-order chi connectivity index (χ0) is 8.97. The van der Waals surface area contributed by atoms with Crippen LogP contribution in [-0.2, 0) is 13.5 Å². The van der Waals surface area contributed by atoms with E-state index in [4.69, 9.17) is 11.6 Å². The maximum absolute atomic E-state index is 5.86. The van der Waals surface area contributed by atoms with E-state index in [1.807, 2.05) is 13.2 Å². The molecule has 0 atom stereocenters. The highest BCUT2D eigenvalue weighted by Gasteiger charge is 1.99. The zero-order valence-electron chi connectivity index (χ0n) is 7.81. The van der Waals surface area contributed by atoms with Crippen molar-refractivity contribution < 1.29 is 0 Å². The van der Waals surface area contributed by atoms with E-state index >= 15 is 0 Å². The first kappa shape index (κ1) is 9.66. The fourth-order valence-corrected chi connectivity index (χ4v) is 1.64. The van der Waals surface area contributed by atoms with Crippen molar-refractivity contribution in [3.8, 4) is 0 Å². The minimum absolute atomic E-state index is 0.851. The molecule has 0 bridgehead atoms. The highest BCUT2D eigenvalue weighted by molar-refractivity contribution is 6.30. The van der Waals surface area contributed by atoms with E-state index in [1.54, 1.807) is 0 Å². The number of nitrogens with zero attached hydrogens (tertiary/aromatic N) is 1. The van der Waals surface area contributed by atoms with Crippen molar-refractivity contribution in [1.29, 1.82) is 0 Å². The first-order valence-electron chi connectivity index (χ1n) is 4.54. The minimum atomic E-state index is 0.851. The van der Waals surface area contributed by atoms with E-state index in [9.17, 15) is 0 Å². The van der Waals surface area contributed by atoms with Crippen LogP contribution in [0, 0.1) is 0 Å². The maximum Gasteiger partial charge on any atom is 0.0585 e. The summed E-state index contributed by atoms with van der Waals surface area (Å²) in [5.41, 5.74) is 1.34. The van der Waals surface area contributed by atoms with Crippen LogP contribution in [0.5, 0.6) is 0 Å². The molecule has 0 N–H and O–H groups in total. The van der Waals surface area contributed by atoms with E-state index in [1.165, 1.54) is 25.0 Å². The van der Waals surface area contributed by atoms with Crippen LogP contribution in [0.3, 0.4) is 0 Å². The first-order chi connectivity index (χ1) is 5.74. The summed E-state index contributed by atoms with van der Waals surface area (Å²) in [5.74, 6) is 0. The summed E-state index contributed by atoms with van der Waals surface area (Å²) < 4.78 is 2.11. The number of aryl methyl sites for hydroxylation is 2. The standard InChI is InChI=1S/C10H16ClN/c1-3-4-5-6-10-7-9(11)8-12(10)2/h7-8H,3-6H2,1-2H3. The summed E-state index contributed by atoms with van der Waals surface area (Å²) in [5, 5.41) is 0.851. The van der Waals surface area contributed by atoms with E-state index in [0.717, 1.165) is 11.4 Å². The maximum atomic E-state index is 5.86. The SMILES string of the molecule is CCCCCc1cc(Cl)cn1C. The van der Waals surface area contributed by atoms with Crippen LogP contribution in [0.2, 0.25) is 5.02 Å². The molecule has 1 aromatic heterocycles. The Bertz CT molecular complexity index is 240. The third-order valence-corrected chi connectivity index (χ3v) is 2.32. The van der Waals surface area contributed by atoms with Crippen LogP contribution >= 0.6 is 11.6 Å². The molecule has 1 aromatic rings. The molecular formula is C10H16ClN. The summed E-state index contributed by atoms with van der Waals surface area (Å²) in [6.45, 7) is 2.22. The Morgan fingerprint density at radius 2 is 2.17 bits per heavy atom. The molecule has 0 aliphatic carbocycles. The van der Waals surface area contributed by atoms with Gasteiger partial charge in [-0.05, 0) is 18.9 Å². The molecule has 0 radical (unpaired) electrons. The highest BCUT2D eigenvalue weighted by Crippen LogP contribution is 2.14. The monoisotopic (exact) mass is 185 g/mol. The lowest BCUT2D eigenvalue weighted by atomic mass is 10.1. The predicted octanol–water partition coefficient (Wildman–Crippen LogP) is 3.41. The molecule has 1 rings (SSSR count). The van der Waals surface area contributed by atoms with Crippen molar-refractivity contribution in [2.24, 2.45) is 7.05 Å². The average molecular weight is 186 g/mol. The summed E-state index contributed by atoms with van der Waals surface area (Å²) in [7, 11) is 2.05. The van der Waals surface area contributed by atoms with Gasteiger partial charge in [-0.3, -0.25) is 0 Å². The topological polar surface area (TPSA) is 4.93 Å². The van der Waals surface area contributed by atoms with E-state index in [0.29, 0.717) is 0 Å². The van der Waals surface area contributed by atoms with Gasteiger partial charge in [0.05, 0.1) is 5.02 Å². The molecule has 0 aromatic carbocycles. The van der Waals surface area contributed by atoms with Gasteiger partial charge in [0.2, 0.25) is 0 Å². The van der Waals surface area contributed by atoms with Crippen molar-refractivity contribution >= 4 is 11.6 Å². The van der Waals surface area contributed by atoms with Crippen LogP contribution in [0.25, 0.3) is 0 Å². The molecule has 12 heavy (non-hydrogen) atoms. The van der Waals surface area contributed by atoms with E-state index in [-0.39, 0.29) is 0 Å². The third kappa shape index (κ3) is 2.56. The molecule has 0 unspecified atom stereocenters. The smallest absolute Gasteiger partial charge is 0.0585 e. The van der Waals surface area contributed by atoms with Gasteiger partial charge < -0.3 is 4.57 Å². The Morgan fingerprint density at radius 1 is 1.42 bits per heavy atom. The van der Waals surface area contributed by atoms with E-state index < -0.39 is 0 Å². The average Bonchev–Trinajstić information content (AvgIpc) is 2.31. The number of aromatic nitrogens is 1. The van der Waals surface area contributed by atoms with Crippen molar-refractivity contribution in [2.45, 2.75) is 32.6 Å². The van der Waals surface area contributed by atoms with Crippen molar-refractivity contribution in [3.63, 3.8) is 0 Å². The van der Waals surface area contributed by atoms with Crippen LogP contribution in [0.15, 0.2) is 12.3 Å². The number of unbranched alkanes of at least 4 members (excludes halogenated alkanes) is 2. The van der Waals surface area contributed by atoms with Gasteiger partial charge in [-0.1, -0.05) is 31.4 Å². The molecule has 2 heteroatoms. The van der Waals surface area contributed by atoms with Crippen LogP contribution in [0.1, 0.15) is 31.9 Å². The lowest BCUT2D eigenvalue weighted by Crippen LogP contribution is -1.94. The summed E-state index contributed by atoms with van der Waals surface area (Å²) >= 11 is 5.86. The van der Waals surface area contributed by atoms with Gasteiger partial charge >= 0.3 is 0 Å². The zero-order valence-corrected chi connectivity index (χ0v) is 8.56. The van der Waals surface area contributed by atoms with Gasteiger partial charge in [0.25, 0.3) is 0 Å². The van der Waals surface area contributed by atoms with Crippen molar-refractivity contribution in [2.75, 3.05) is 0 Å². The van der Waals surface area contributed by atoms with Crippen LogP contribution in [-0.4, -0.2) is 4.57 Å². The summed E-state index contributed by atoms with van der Waals surface area (Å²) in [6, 6.07) is 2.05. The van der Waals surface area contributed by atoms with Crippen molar-refractivity contribution in [1.82, 2.24) is 4.57 Å². The molecule has 0 fully saturated rings. The molecule has 68 valence electrons. The fraction of sp³-hybridized carbons (Fsp3) is 0.600. The van der Waals surface area contributed by atoms with Gasteiger partial charge in [0.1, 0.15) is 0 Å². The number of hydrogen-bond acceptors (Lipinski definition) is 0. The minimum Gasteiger partial charge on any atom is -0.353 e. The Labute approximate surface area is 79.3 Å². The first-order valence-corrected chi connectivity index (χ1v) is 4.92. The Balaban J connectivity index is 2.45. The quantitative estimate of drug-likeness (QED) is 0.634. The lowest BCUT2D eigenvalue weighted by molar-refractivity contribution is 0.686. The summed E-state index contributed by atoms with van der Waals surface area (Å²) in [6.07, 6.45) is 6.96. The normalized spacial score (nSPS) is 10.6. The molecule has 0 saturated heterocycles. The second-order valence-electron chi connectivity index (χ2n) is 3.22. The van der Waals surface area contributed by atoms with Crippen molar-refractivity contribution in [3.05, 3.63) is 23.0 Å². The van der Waals surface area contributed by atoms with Gasteiger partial charge in [0.15, 0.2) is 0 Å². The van der Waals surface area contributed by atoms with Gasteiger partial charge in [-0.25, -0.2) is 0 Å². The molecular weight excluding hydrogens is 170 g/mol. The number of hydrogen-bond donors (Lipinski definition) is 0. The molecule has 0 aliphatic heterocycles. The second kappa shape index (κ2) is 4.56. The van der Waals surface area contributed by atoms with Crippen LogP contribution < -0.4 is 0 Å². The Kier molecular flexibility index (Phi) is 3.67. The third-order valence-electron chi connectivity index (χ3n) is 2.11. The Hall–Kier alpha value is -0.430.